The molecule has 112 valence electrons. The van der Waals surface area contributed by atoms with Crippen LogP contribution in [0.5, 0.6) is 0 Å². The number of rotatable bonds is 4. The number of methoxy groups -OCH3 is 1. The third kappa shape index (κ3) is 3.30. The third-order valence-corrected chi connectivity index (χ3v) is 3.82. The molecule has 0 saturated carbocycles. The average Bonchev–Trinajstić information content (AvgIpc) is 2.72. The summed E-state index contributed by atoms with van der Waals surface area (Å²) in [5, 5.41) is 3.16. The minimum absolute atomic E-state index is 0.235. The normalized spacial score (nSPS) is 11.2. The van der Waals surface area contributed by atoms with Crippen molar-refractivity contribution < 1.29 is 14.3 Å². The Balaban J connectivity index is 3.40. The standard InChI is InChI=1S/C14H22N2O3S/c1-6-7-16-12(17)8-9(14(2,3)4)10(13(18)19-5)20-11(8)15/h6-7,15H2,1-5H3,(H,16,17). The number of amides is 1. The molecule has 0 bridgehead atoms. The lowest BCUT2D eigenvalue weighted by Crippen LogP contribution is -2.28. The molecular weight excluding hydrogens is 276 g/mol. The molecule has 0 unspecified atom stereocenters. The first-order chi connectivity index (χ1) is 9.23. The predicted octanol–water partition coefficient (Wildman–Crippen LogP) is 2.55. The van der Waals surface area contributed by atoms with Crippen LogP contribution in [-0.4, -0.2) is 25.5 Å². The summed E-state index contributed by atoms with van der Waals surface area (Å²) >= 11 is 1.10. The van der Waals surface area contributed by atoms with Gasteiger partial charge in [-0.25, -0.2) is 4.79 Å². The van der Waals surface area contributed by atoms with Crippen molar-refractivity contribution in [3.63, 3.8) is 0 Å². The van der Waals surface area contributed by atoms with E-state index < -0.39 is 5.97 Å². The summed E-state index contributed by atoms with van der Waals surface area (Å²) in [5.41, 5.74) is 6.63. The van der Waals surface area contributed by atoms with Crippen LogP contribution in [0.4, 0.5) is 5.00 Å². The third-order valence-electron chi connectivity index (χ3n) is 2.82. The molecule has 1 aromatic rings. The van der Waals surface area contributed by atoms with Crippen molar-refractivity contribution in [2.75, 3.05) is 19.4 Å². The van der Waals surface area contributed by atoms with Crippen LogP contribution >= 0.6 is 11.3 Å². The zero-order chi connectivity index (χ0) is 15.5. The Bertz CT molecular complexity index is 515. The van der Waals surface area contributed by atoms with Crippen LogP contribution in [0.25, 0.3) is 0 Å². The number of hydrogen-bond acceptors (Lipinski definition) is 5. The Morgan fingerprint density at radius 1 is 1.35 bits per heavy atom. The monoisotopic (exact) mass is 298 g/mol. The van der Waals surface area contributed by atoms with Gasteiger partial charge in [-0.2, -0.15) is 0 Å². The van der Waals surface area contributed by atoms with E-state index in [1.807, 2.05) is 27.7 Å². The van der Waals surface area contributed by atoms with E-state index in [1.165, 1.54) is 7.11 Å². The van der Waals surface area contributed by atoms with Crippen molar-refractivity contribution in [2.45, 2.75) is 39.5 Å². The van der Waals surface area contributed by atoms with Gasteiger partial charge in [-0.1, -0.05) is 27.7 Å². The Morgan fingerprint density at radius 3 is 2.40 bits per heavy atom. The van der Waals surface area contributed by atoms with E-state index in [0.29, 0.717) is 27.5 Å². The summed E-state index contributed by atoms with van der Waals surface area (Å²) in [5.74, 6) is -0.693. The molecule has 0 saturated heterocycles. The highest BCUT2D eigenvalue weighted by Crippen LogP contribution is 2.39. The number of esters is 1. The van der Waals surface area contributed by atoms with Gasteiger partial charge in [0.25, 0.3) is 5.91 Å². The number of ether oxygens (including phenoxy) is 1. The minimum Gasteiger partial charge on any atom is -0.465 e. The molecule has 0 aliphatic carbocycles. The lowest BCUT2D eigenvalue weighted by atomic mass is 9.84. The van der Waals surface area contributed by atoms with E-state index in [4.69, 9.17) is 10.5 Å². The van der Waals surface area contributed by atoms with Gasteiger partial charge in [0.05, 0.1) is 17.7 Å². The zero-order valence-electron chi connectivity index (χ0n) is 12.6. The smallest absolute Gasteiger partial charge is 0.348 e. The van der Waals surface area contributed by atoms with Crippen LogP contribution in [-0.2, 0) is 10.2 Å². The summed E-state index contributed by atoms with van der Waals surface area (Å²) in [6.45, 7) is 8.37. The molecule has 1 amide bonds. The molecule has 0 radical (unpaired) electrons. The first kappa shape index (κ1) is 16.5. The molecule has 6 heteroatoms. The lowest BCUT2D eigenvalue weighted by molar-refractivity contribution is 0.0603. The number of nitrogens with one attached hydrogen (secondary N) is 1. The van der Waals surface area contributed by atoms with Gasteiger partial charge < -0.3 is 15.8 Å². The topological polar surface area (TPSA) is 81.4 Å². The summed E-state index contributed by atoms with van der Waals surface area (Å²) < 4.78 is 4.79. The highest BCUT2D eigenvalue weighted by Gasteiger charge is 2.33. The molecule has 20 heavy (non-hydrogen) atoms. The van der Waals surface area contributed by atoms with Gasteiger partial charge in [-0.05, 0) is 17.4 Å². The highest BCUT2D eigenvalue weighted by molar-refractivity contribution is 7.18. The van der Waals surface area contributed by atoms with Crippen LogP contribution in [0, 0.1) is 0 Å². The average molecular weight is 298 g/mol. The van der Waals surface area contributed by atoms with Crippen molar-refractivity contribution in [2.24, 2.45) is 0 Å². The summed E-state index contributed by atoms with van der Waals surface area (Å²) in [6, 6.07) is 0. The van der Waals surface area contributed by atoms with E-state index >= 15 is 0 Å². The number of carbonyl (C=O) groups excluding carboxylic acids is 2. The van der Waals surface area contributed by atoms with Crippen molar-refractivity contribution in [3.05, 3.63) is 16.0 Å². The fourth-order valence-electron chi connectivity index (χ4n) is 1.95. The van der Waals surface area contributed by atoms with Crippen LogP contribution in [0.15, 0.2) is 0 Å². The van der Waals surface area contributed by atoms with Crippen LogP contribution < -0.4 is 11.1 Å². The van der Waals surface area contributed by atoms with Gasteiger partial charge in [0.2, 0.25) is 0 Å². The summed E-state index contributed by atoms with van der Waals surface area (Å²) in [4.78, 5) is 24.6. The number of thiophene rings is 1. The van der Waals surface area contributed by atoms with E-state index in [-0.39, 0.29) is 11.3 Å². The molecule has 0 spiro atoms. The number of nitrogens with two attached hydrogens (primary N) is 1. The maximum absolute atomic E-state index is 12.3. The maximum atomic E-state index is 12.3. The van der Waals surface area contributed by atoms with Gasteiger partial charge in [-0.3, -0.25) is 4.79 Å². The van der Waals surface area contributed by atoms with Gasteiger partial charge in [0.15, 0.2) is 0 Å². The molecule has 0 aliphatic heterocycles. The SMILES string of the molecule is CCCNC(=O)c1c(N)sc(C(=O)OC)c1C(C)(C)C. The van der Waals surface area contributed by atoms with Crippen molar-refractivity contribution in [1.82, 2.24) is 5.32 Å². The van der Waals surface area contributed by atoms with E-state index in [9.17, 15) is 9.59 Å². The molecular formula is C14H22N2O3S. The van der Waals surface area contributed by atoms with Crippen LogP contribution in [0.3, 0.4) is 0 Å². The molecule has 1 heterocycles. The second kappa shape index (κ2) is 6.26. The minimum atomic E-state index is -0.457. The van der Waals surface area contributed by atoms with Crippen LogP contribution in [0.1, 0.15) is 59.7 Å². The summed E-state index contributed by atoms with van der Waals surface area (Å²) in [7, 11) is 1.32. The van der Waals surface area contributed by atoms with Gasteiger partial charge in [-0.15, -0.1) is 11.3 Å². The predicted molar refractivity (Wildman–Crippen MR) is 81.4 cm³/mol. The van der Waals surface area contributed by atoms with Gasteiger partial charge in [0, 0.05) is 6.54 Å². The second-order valence-electron chi connectivity index (χ2n) is 5.54. The van der Waals surface area contributed by atoms with E-state index in [2.05, 4.69) is 5.32 Å². The lowest BCUT2D eigenvalue weighted by Gasteiger charge is -2.21. The molecule has 0 aliphatic rings. The van der Waals surface area contributed by atoms with Crippen LogP contribution in [0.2, 0.25) is 0 Å². The Labute approximate surface area is 123 Å². The Morgan fingerprint density at radius 2 is 1.95 bits per heavy atom. The zero-order valence-corrected chi connectivity index (χ0v) is 13.4. The van der Waals surface area contributed by atoms with Crippen molar-refractivity contribution in [3.8, 4) is 0 Å². The van der Waals surface area contributed by atoms with E-state index in [1.54, 1.807) is 0 Å². The molecule has 5 nitrogen and oxygen atoms in total. The van der Waals surface area contributed by atoms with Gasteiger partial charge >= 0.3 is 5.97 Å². The number of carbonyl (C=O) groups is 2. The Kier molecular flexibility index (Phi) is 5.16. The highest BCUT2D eigenvalue weighted by atomic mass is 32.1. The molecule has 0 aromatic carbocycles. The largest absolute Gasteiger partial charge is 0.465 e. The molecule has 0 atom stereocenters. The number of nitrogen functional groups attached to an aromatic ring is 1. The van der Waals surface area contributed by atoms with Crippen molar-refractivity contribution >= 4 is 28.2 Å². The maximum Gasteiger partial charge on any atom is 0.348 e. The number of anilines is 1. The quantitative estimate of drug-likeness (QED) is 0.837. The summed E-state index contributed by atoms with van der Waals surface area (Å²) in [6.07, 6.45) is 0.838. The fourth-order valence-corrected chi connectivity index (χ4v) is 3.15. The van der Waals surface area contributed by atoms with Gasteiger partial charge in [0.1, 0.15) is 4.88 Å². The first-order valence-electron chi connectivity index (χ1n) is 6.53. The number of hydrogen-bond donors (Lipinski definition) is 2. The molecule has 1 rings (SSSR count). The van der Waals surface area contributed by atoms with E-state index in [0.717, 1.165) is 17.8 Å². The molecule has 0 fully saturated rings. The van der Waals surface area contributed by atoms with Crippen molar-refractivity contribution in [1.29, 1.82) is 0 Å². The fraction of sp³-hybridized carbons (Fsp3) is 0.571. The molecule has 3 N–H and O–H groups in total. The second-order valence-corrected chi connectivity index (χ2v) is 6.60. The molecule has 1 aromatic heterocycles. The first-order valence-corrected chi connectivity index (χ1v) is 7.34. The Hall–Kier alpha value is -1.56.